The number of carbonyl (C=O) groups excluding carboxylic acids is 1. The fourth-order valence-corrected chi connectivity index (χ4v) is 1.79. The van der Waals surface area contributed by atoms with E-state index in [1.807, 2.05) is 4.90 Å². The molecule has 4 heteroatoms. The highest BCUT2D eigenvalue weighted by Gasteiger charge is 2.15. The van der Waals surface area contributed by atoms with E-state index in [-0.39, 0.29) is 5.91 Å². The van der Waals surface area contributed by atoms with Gasteiger partial charge in [0.2, 0.25) is 5.91 Å². The third kappa shape index (κ3) is 5.47. The Balaban J connectivity index is 1.97. The van der Waals surface area contributed by atoms with Crippen molar-refractivity contribution >= 4 is 5.91 Å². The van der Waals surface area contributed by atoms with Gasteiger partial charge in [0.15, 0.2) is 0 Å². The summed E-state index contributed by atoms with van der Waals surface area (Å²) in [5.41, 5.74) is 0. The minimum Gasteiger partial charge on any atom is -0.378 e. The predicted octanol–water partition coefficient (Wildman–Crippen LogP) is 1.02. The summed E-state index contributed by atoms with van der Waals surface area (Å²) in [5.74, 6) is 0.256. The Bertz CT molecular complexity index is 191. The topological polar surface area (TPSA) is 41.6 Å². The Hall–Kier alpha value is -0.610. The third-order valence-corrected chi connectivity index (χ3v) is 2.84. The molecule has 0 bridgehead atoms. The molecule has 0 aromatic heterocycles. The summed E-state index contributed by atoms with van der Waals surface area (Å²) in [6, 6.07) is 0. The van der Waals surface area contributed by atoms with Gasteiger partial charge in [-0.1, -0.05) is 19.8 Å². The van der Waals surface area contributed by atoms with Gasteiger partial charge < -0.3 is 15.0 Å². The van der Waals surface area contributed by atoms with Gasteiger partial charge >= 0.3 is 0 Å². The lowest BCUT2D eigenvalue weighted by atomic mass is 10.2. The molecule has 16 heavy (non-hydrogen) atoms. The second-order valence-electron chi connectivity index (χ2n) is 4.20. The number of hydrogen-bond donors (Lipinski definition) is 1. The van der Waals surface area contributed by atoms with E-state index in [1.54, 1.807) is 0 Å². The van der Waals surface area contributed by atoms with Crippen LogP contribution in [0.15, 0.2) is 0 Å². The van der Waals surface area contributed by atoms with Crippen LogP contribution in [0.4, 0.5) is 0 Å². The van der Waals surface area contributed by atoms with Crippen LogP contribution in [0.25, 0.3) is 0 Å². The molecule has 4 nitrogen and oxygen atoms in total. The third-order valence-electron chi connectivity index (χ3n) is 2.84. The van der Waals surface area contributed by atoms with E-state index in [0.717, 1.165) is 26.2 Å². The van der Waals surface area contributed by atoms with Gasteiger partial charge in [-0.25, -0.2) is 0 Å². The fourth-order valence-electron chi connectivity index (χ4n) is 1.79. The quantitative estimate of drug-likeness (QED) is 0.661. The monoisotopic (exact) mass is 228 g/mol. The molecule has 1 aliphatic heterocycles. The first-order valence-corrected chi connectivity index (χ1v) is 6.41. The van der Waals surface area contributed by atoms with Crippen molar-refractivity contribution in [2.75, 3.05) is 39.4 Å². The van der Waals surface area contributed by atoms with Crippen LogP contribution in [0, 0.1) is 0 Å². The summed E-state index contributed by atoms with van der Waals surface area (Å²) in [6.07, 6.45) is 4.34. The number of amides is 1. The molecule has 1 heterocycles. The SMILES string of the molecule is CCCCCNCCC(=O)N1CCOCC1. The highest BCUT2D eigenvalue weighted by molar-refractivity contribution is 5.76. The van der Waals surface area contributed by atoms with Crippen LogP contribution >= 0.6 is 0 Å². The Morgan fingerprint density at radius 2 is 2.00 bits per heavy atom. The number of unbranched alkanes of at least 4 members (excludes halogenated alkanes) is 2. The van der Waals surface area contributed by atoms with E-state index >= 15 is 0 Å². The molecule has 0 atom stereocenters. The zero-order valence-corrected chi connectivity index (χ0v) is 10.3. The van der Waals surface area contributed by atoms with Crippen molar-refractivity contribution < 1.29 is 9.53 Å². The highest BCUT2D eigenvalue weighted by atomic mass is 16.5. The van der Waals surface area contributed by atoms with E-state index in [2.05, 4.69) is 12.2 Å². The Labute approximate surface area is 98.3 Å². The number of morpholine rings is 1. The molecule has 1 amide bonds. The largest absolute Gasteiger partial charge is 0.378 e. The van der Waals surface area contributed by atoms with Crippen LogP contribution in [0.5, 0.6) is 0 Å². The number of hydrogen-bond acceptors (Lipinski definition) is 3. The minimum atomic E-state index is 0.256. The van der Waals surface area contributed by atoms with Crippen LogP contribution in [-0.2, 0) is 9.53 Å². The highest BCUT2D eigenvalue weighted by Crippen LogP contribution is 1.99. The van der Waals surface area contributed by atoms with Gasteiger partial charge in [0, 0.05) is 26.1 Å². The smallest absolute Gasteiger partial charge is 0.224 e. The van der Waals surface area contributed by atoms with E-state index < -0.39 is 0 Å². The molecule has 94 valence electrons. The summed E-state index contributed by atoms with van der Waals surface area (Å²) in [5, 5.41) is 3.31. The van der Waals surface area contributed by atoms with Crippen molar-refractivity contribution in [1.29, 1.82) is 0 Å². The second-order valence-corrected chi connectivity index (χ2v) is 4.20. The van der Waals surface area contributed by atoms with Crippen LogP contribution in [0.2, 0.25) is 0 Å². The summed E-state index contributed by atoms with van der Waals surface area (Å²) < 4.78 is 5.21. The maximum absolute atomic E-state index is 11.7. The van der Waals surface area contributed by atoms with Gasteiger partial charge in [-0.3, -0.25) is 4.79 Å². The van der Waals surface area contributed by atoms with Crippen LogP contribution in [-0.4, -0.2) is 50.2 Å². The second kappa shape index (κ2) is 8.53. The average Bonchev–Trinajstić information content (AvgIpc) is 2.34. The molecule has 1 N–H and O–H groups in total. The molecule has 0 unspecified atom stereocenters. The molecule has 0 aromatic rings. The molecule has 0 radical (unpaired) electrons. The molecule has 0 saturated carbocycles. The van der Waals surface area contributed by atoms with Gasteiger partial charge in [0.05, 0.1) is 13.2 Å². The maximum Gasteiger partial charge on any atom is 0.224 e. The van der Waals surface area contributed by atoms with Crippen molar-refractivity contribution in [2.45, 2.75) is 32.6 Å². The Kier molecular flexibility index (Phi) is 7.17. The summed E-state index contributed by atoms with van der Waals surface area (Å²) in [7, 11) is 0. The minimum absolute atomic E-state index is 0.256. The molecule has 0 aliphatic carbocycles. The van der Waals surface area contributed by atoms with E-state index in [4.69, 9.17) is 4.74 Å². The van der Waals surface area contributed by atoms with Crippen molar-refractivity contribution in [3.05, 3.63) is 0 Å². The molecule has 0 spiro atoms. The van der Waals surface area contributed by atoms with Crippen LogP contribution in [0.1, 0.15) is 32.6 Å². The fraction of sp³-hybridized carbons (Fsp3) is 0.917. The van der Waals surface area contributed by atoms with Crippen molar-refractivity contribution in [2.24, 2.45) is 0 Å². The van der Waals surface area contributed by atoms with Crippen molar-refractivity contribution in [3.63, 3.8) is 0 Å². The van der Waals surface area contributed by atoms with Gasteiger partial charge in [-0.2, -0.15) is 0 Å². The number of nitrogens with zero attached hydrogens (tertiary/aromatic N) is 1. The zero-order valence-electron chi connectivity index (χ0n) is 10.3. The first-order chi connectivity index (χ1) is 7.84. The van der Waals surface area contributed by atoms with E-state index in [9.17, 15) is 4.79 Å². The van der Waals surface area contributed by atoms with E-state index in [1.165, 1.54) is 19.3 Å². The molecule has 1 aliphatic rings. The molecular formula is C12H24N2O2. The van der Waals surface area contributed by atoms with Crippen molar-refractivity contribution in [1.82, 2.24) is 10.2 Å². The number of ether oxygens (including phenoxy) is 1. The average molecular weight is 228 g/mol. The zero-order chi connectivity index (χ0) is 11.6. The first-order valence-electron chi connectivity index (χ1n) is 6.41. The predicted molar refractivity (Wildman–Crippen MR) is 64.4 cm³/mol. The molecule has 0 aromatic carbocycles. The number of carbonyl (C=O) groups is 1. The lowest BCUT2D eigenvalue weighted by molar-refractivity contribution is -0.135. The summed E-state index contributed by atoms with van der Waals surface area (Å²) in [6.45, 7) is 6.93. The number of rotatable bonds is 7. The van der Waals surface area contributed by atoms with E-state index in [0.29, 0.717) is 19.6 Å². The first kappa shape index (κ1) is 13.5. The maximum atomic E-state index is 11.7. The van der Waals surface area contributed by atoms with Crippen LogP contribution in [0.3, 0.4) is 0 Å². The van der Waals surface area contributed by atoms with Crippen LogP contribution < -0.4 is 5.32 Å². The summed E-state index contributed by atoms with van der Waals surface area (Å²) in [4.78, 5) is 13.6. The normalized spacial score (nSPS) is 16.4. The molecule has 1 saturated heterocycles. The van der Waals surface area contributed by atoms with Gasteiger partial charge in [0.25, 0.3) is 0 Å². The number of nitrogens with one attached hydrogen (secondary N) is 1. The van der Waals surface area contributed by atoms with Gasteiger partial charge in [0.1, 0.15) is 0 Å². The van der Waals surface area contributed by atoms with Gasteiger partial charge in [-0.05, 0) is 13.0 Å². The lowest BCUT2D eigenvalue weighted by Crippen LogP contribution is -2.41. The molecular weight excluding hydrogens is 204 g/mol. The van der Waals surface area contributed by atoms with Crippen molar-refractivity contribution in [3.8, 4) is 0 Å². The molecule has 1 fully saturated rings. The lowest BCUT2D eigenvalue weighted by Gasteiger charge is -2.26. The Morgan fingerprint density at radius 3 is 2.69 bits per heavy atom. The Morgan fingerprint density at radius 1 is 1.25 bits per heavy atom. The summed E-state index contributed by atoms with van der Waals surface area (Å²) >= 11 is 0. The molecule has 1 rings (SSSR count). The standard InChI is InChI=1S/C12H24N2O2/c1-2-3-4-6-13-7-5-12(15)14-8-10-16-11-9-14/h13H,2-11H2,1H3. The van der Waals surface area contributed by atoms with Gasteiger partial charge in [-0.15, -0.1) is 0 Å².